The number of hydrogen-bond donors (Lipinski definition) is 1. The predicted molar refractivity (Wildman–Crippen MR) is 81.5 cm³/mol. The molecular formula is C16H16ClNO2. The van der Waals surface area contributed by atoms with Crippen molar-refractivity contribution in [2.24, 2.45) is 0 Å². The highest BCUT2D eigenvalue weighted by Gasteiger charge is 2.08. The third kappa shape index (κ3) is 3.52. The van der Waals surface area contributed by atoms with E-state index in [0.717, 1.165) is 16.8 Å². The Morgan fingerprint density at radius 2 is 1.90 bits per heavy atom. The Kier molecular flexibility index (Phi) is 4.64. The fourth-order valence-corrected chi connectivity index (χ4v) is 1.97. The molecule has 0 heterocycles. The summed E-state index contributed by atoms with van der Waals surface area (Å²) in [6.45, 7) is 3.90. The Balaban J connectivity index is 1.96. The van der Waals surface area contributed by atoms with Crippen molar-refractivity contribution in [1.82, 2.24) is 0 Å². The lowest BCUT2D eigenvalue weighted by Crippen LogP contribution is -2.20. The average molecular weight is 290 g/mol. The number of carbonyl (C=O) groups is 1. The van der Waals surface area contributed by atoms with Crippen LogP contribution < -0.4 is 10.1 Å². The third-order valence-corrected chi connectivity index (χ3v) is 3.39. The second kappa shape index (κ2) is 6.44. The number of nitrogens with one attached hydrogen (secondary N) is 1. The highest BCUT2D eigenvalue weighted by Crippen LogP contribution is 2.23. The molecule has 0 radical (unpaired) electrons. The molecule has 0 fully saturated rings. The van der Waals surface area contributed by atoms with E-state index in [2.05, 4.69) is 5.32 Å². The first-order chi connectivity index (χ1) is 9.58. The van der Waals surface area contributed by atoms with Crippen LogP contribution in [-0.4, -0.2) is 12.5 Å². The molecule has 3 nitrogen and oxygen atoms in total. The molecule has 0 aliphatic rings. The average Bonchev–Trinajstić information content (AvgIpc) is 2.43. The maximum absolute atomic E-state index is 11.9. The zero-order chi connectivity index (χ0) is 14.5. The number of aryl methyl sites for hydroxylation is 1. The number of halogens is 1. The molecular weight excluding hydrogens is 274 g/mol. The molecule has 2 aromatic rings. The number of anilines is 1. The van der Waals surface area contributed by atoms with Crippen LogP contribution in [0.5, 0.6) is 5.75 Å². The van der Waals surface area contributed by atoms with Gasteiger partial charge in [0.2, 0.25) is 0 Å². The van der Waals surface area contributed by atoms with Gasteiger partial charge < -0.3 is 10.1 Å². The van der Waals surface area contributed by atoms with Crippen molar-refractivity contribution in [2.75, 3.05) is 11.9 Å². The van der Waals surface area contributed by atoms with Gasteiger partial charge in [0.15, 0.2) is 6.61 Å². The van der Waals surface area contributed by atoms with Crippen molar-refractivity contribution in [3.05, 3.63) is 58.6 Å². The molecule has 4 heteroatoms. The normalized spacial score (nSPS) is 10.2. The van der Waals surface area contributed by atoms with Crippen molar-refractivity contribution in [1.29, 1.82) is 0 Å². The van der Waals surface area contributed by atoms with Crippen LogP contribution in [0.2, 0.25) is 5.02 Å². The van der Waals surface area contributed by atoms with Gasteiger partial charge in [-0.15, -0.1) is 0 Å². The lowest BCUT2D eigenvalue weighted by atomic mass is 10.1. The minimum absolute atomic E-state index is 0.0723. The molecule has 0 atom stereocenters. The number of ether oxygens (including phenoxy) is 1. The van der Waals surface area contributed by atoms with Crippen LogP contribution >= 0.6 is 11.6 Å². The highest BCUT2D eigenvalue weighted by molar-refractivity contribution is 6.32. The minimum atomic E-state index is -0.210. The van der Waals surface area contributed by atoms with E-state index in [9.17, 15) is 4.79 Å². The van der Waals surface area contributed by atoms with Crippen LogP contribution in [0.4, 0.5) is 5.69 Å². The highest BCUT2D eigenvalue weighted by atomic mass is 35.5. The molecule has 0 aliphatic heterocycles. The summed E-state index contributed by atoms with van der Waals surface area (Å²) in [7, 11) is 0. The maximum atomic E-state index is 11.9. The van der Waals surface area contributed by atoms with Gasteiger partial charge >= 0.3 is 0 Å². The van der Waals surface area contributed by atoms with E-state index in [1.54, 1.807) is 12.1 Å². The molecule has 20 heavy (non-hydrogen) atoms. The summed E-state index contributed by atoms with van der Waals surface area (Å²) >= 11 is 5.96. The van der Waals surface area contributed by atoms with Gasteiger partial charge in [0.25, 0.3) is 5.91 Å². The molecule has 0 saturated carbocycles. The van der Waals surface area contributed by atoms with E-state index < -0.39 is 0 Å². The molecule has 0 bridgehead atoms. The van der Waals surface area contributed by atoms with Crippen molar-refractivity contribution in [3.8, 4) is 5.75 Å². The van der Waals surface area contributed by atoms with Crippen LogP contribution in [0, 0.1) is 13.8 Å². The molecule has 0 unspecified atom stereocenters. The first kappa shape index (κ1) is 14.4. The van der Waals surface area contributed by atoms with Gasteiger partial charge in [0, 0.05) is 5.69 Å². The first-order valence-electron chi connectivity index (χ1n) is 6.31. The predicted octanol–water partition coefficient (Wildman–Crippen LogP) is 3.97. The molecule has 104 valence electrons. The van der Waals surface area contributed by atoms with Crippen molar-refractivity contribution < 1.29 is 9.53 Å². The summed E-state index contributed by atoms with van der Waals surface area (Å²) in [5.74, 6) is 0.295. The topological polar surface area (TPSA) is 38.3 Å². The lowest BCUT2D eigenvalue weighted by molar-refractivity contribution is -0.118. The number of carbonyl (C=O) groups excluding carboxylic acids is 1. The van der Waals surface area contributed by atoms with Gasteiger partial charge in [-0.1, -0.05) is 35.9 Å². The van der Waals surface area contributed by atoms with Gasteiger partial charge in [-0.05, 0) is 43.2 Å². The Labute approximate surface area is 123 Å². The second-order valence-corrected chi connectivity index (χ2v) is 4.92. The van der Waals surface area contributed by atoms with Crippen LogP contribution in [0.3, 0.4) is 0 Å². The molecule has 1 amide bonds. The molecule has 1 N–H and O–H groups in total. The molecule has 0 saturated heterocycles. The Morgan fingerprint density at radius 3 is 2.65 bits per heavy atom. The zero-order valence-corrected chi connectivity index (χ0v) is 12.2. The summed E-state index contributed by atoms with van der Waals surface area (Å²) < 4.78 is 5.40. The third-order valence-electron chi connectivity index (χ3n) is 3.07. The quantitative estimate of drug-likeness (QED) is 0.925. The summed E-state index contributed by atoms with van der Waals surface area (Å²) in [5, 5.41) is 3.33. The zero-order valence-electron chi connectivity index (χ0n) is 11.4. The van der Waals surface area contributed by atoms with E-state index in [1.807, 2.05) is 44.2 Å². The van der Waals surface area contributed by atoms with E-state index >= 15 is 0 Å². The SMILES string of the molecule is Cc1cccc(NC(=O)COc2ccccc2Cl)c1C. The molecule has 0 spiro atoms. The van der Waals surface area contributed by atoms with Crippen LogP contribution in [0.15, 0.2) is 42.5 Å². The van der Waals surface area contributed by atoms with Crippen LogP contribution in [0.1, 0.15) is 11.1 Å². The Hall–Kier alpha value is -2.00. The summed E-state index contributed by atoms with van der Waals surface area (Å²) in [4.78, 5) is 11.9. The largest absolute Gasteiger partial charge is 0.482 e. The molecule has 2 aromatic carbocycles. The van der Waals surface area contributed by atoms with Crippen molar-refractivity contribution >= 4 is 23.2 Å². The van der Waals surface area contributed by atoms with E-state index in [4.69, 9.17) is 16.3 Å². The van der Waals surface area contributed by atoms with Gasteiger partial charge in [0.1, 0.15) is 5.75 Å². The number of para-hydroxylation sites is 1. The molecule has 0 aliphatic carbocycles. The van der Waals surface area contributed by atoms with Gasteiger partial charge in [-0.3, -0.25) is 4.79 Å². The summed E-state index contributed by atoms with van der Waals surface area (Å²) in [6.07, 6.45) is 0. The van der Waals surface area contributed by atoms with E-state index in [-0.39, 0.29) is 12.5 Å². The fraction of sp³-hybridized carbons (Fsp3) is 0.188. The summed E-state index contributed by atoms with van der Waals surface area (Å²) in [6, 6.07) is 12.9. The first-order valence-corrected chi connectivity index (χ1v) is 6.69. The van der Waals surface area contributed by atoms with E-state index in [1.165, 1.54) is 0 Å². The maximum Gasteiger partial charge on any atom is 0.262 e. The standard InChI is InChI=1S/C16H16ClNO2/c1-11-6-5-8-14(12(11)2)18-16(19)10-20-15-9-4-3-7-13(15)17/h3-9H,10H2,1-2H3,(H,18,19). The fourth-order valence-electron chi connectivity index (χ4n) is 1.78. The Bertz CT molecular complexity index is 626. The summed E-state index contributed by atoms with van der Waals surface area (Å²) in [5.41, 5.74) is 2.99. The van der Waals surface area contributed by atoms with Gasteiger partial charge in [-0.2, -0.15) is 0 Å². The smallest absolute Gasteiger partial charge is 0.262 e. The van der Waals surface area contributed by atoms with Crippen LogP contribution in [0.25, 0.3) is 0 Å². The molecule has 0 aromatic heterocycles. The monoisotopic (exact) mass is 289 g/mol. The van der Waals surface area contributed by atoms with Gasteiger partial charge in [0.05, 0.1) is 5.02 Å². The Morgan fingerprint density at radius 1 is 1.15 bits per heavy atom. The van der Waals surface area contributed by atoms with Crippen molar-refractivity contribution in [2.45, 2.75) is 13.8 Å². The second-order valence-electron chi connectivity index (χ2n) is 4.51. The molecule has 2 rings (SSSR count). The van der Waals surface area contributed by atoms with Gasteiger partial charge in [-0.25, -0.2) is 0 Å². The van der Waals surface area contributed by atoms with Crippen molar-refractivity contribution in [3.63, 3.8) is 0 Å². The number of rotatable bonds is 4. The lowest BCUT2D eigenvalue weighted by Gasteiger charge is -2.11. The van der Waals surface area contributed by atoms with Crippen LogP contribution in [-0.2, 0) is 4.79 Å². The number of hydrogen-bond acceptors (Lipinski definition) is 2. The number of benzene rings is 2. The minimum Gasteiger partial charge on any atom is -0.482 e. The van der Waals surface area contributed by atoms with E-state index in [0.29, 0.717) is 10.8 Å². The number of amides is 1.